The largest absolute Gasteiger partial charge is 0.464 e. The van der Waals surface area contributed by atoms with Gasteiger partial charge in [-0.3, -0.25) is 0 Å². The first-order chi connectivity index (χ1) is 29.9. The van der Waals surface area contributed by atoms with Gasteiger partial charge in [0.2, 0.25) is 0 Å². The molecule has 0 saturated carbocycles. The number of hydrogen-bond donors (Lipinski definition) is 0. The van der Waals surface area contributed by atoms with Crippen LogP contribution in [0.15, 0.2) is 0 Å². The van der Waals surface area contributed by atoms with Crippen molar-refractivity contribution in [2.24, 2.45) is 5.41 Å². The first-order valence-electron chi connectivity index (χ1n) is 26.6. The number of unbranched alkanes of at least 4 members (excludes halogenated alkanes) is 36. The molecular weight excluding hydrogens is 765 g/mol. The highest BCUT2D eigenvalue weighted by Crippen LogP contribution is 2.28. The van der Waals surface area contributed by atoms with Gasteiger partial charge in [0, 0.05) is 0 Å². The predicted octanol–water partition coefficient (Wildman–Crippen LogP) is 15.8. The van der Waals surface area contributed by atoms with E-state index >= 15 is 0 Å². The van der Waals surface area contributed by atoms with Crippen LogP contribution >= 0.6 is 0 Å². The minimum absolute atomic E-state index is 0.000255. The fourth-order valence-electron chi connectivity index (χ4n) is 7.95. The Bertz CT molecular complexity index is 839. The van der Waals surface area contributed by atoms with E-state index in [0.717, 1.165) is 77.0 Å². The summed E-state index contributed by atoms with van der Waals surface area (Å²) in [7, 11) is 0. The molecule has 0 aliphatic heterocycles. The summed E-state index contributed by atoms with van der Waals surface area (Å²) in [6.45, 7) is 8.90. The summed E-state index contributed by atoms with van der Waals surface area (Å²) in [5.74, 6) is -4.95. The van der Waals surface area contributed by atoms with Crippen LogP contribution in [0.5, 0.6) is 0 Å². The second kappa shape index (κ2) is 45.9. The predicted molar refractivity (Wildman–Crippen MR) is 254 cm³/mol. The van der Waals surface area contributed by atoms with Gasteiger partial charge < -0.3 is 18.9 Å². The average molecular weight is 865 g/mol. The Morgan fingerprint density at radius 3 is 0.508 bits per heavy atom. The van der Waals surface area contributed by atoms with E-state index in [2.05, 4.69) is 27.7 Å². The van der Waals surface area contributed by atoms with E-state index in [1.807, 2.05) is 0 Å². The molecule has 8 nitrogen and oxygen atoms in total. The van der Waals surface area contributed by atoms with Gasteiger partial charge in [0.05, 0.1) is 26.4 Å². The van der Waals surface area contributed by atoms with Crippen LogP contribution in [0.4, 0.5) is 0 Å². The van der Waals surface area contributed by atoms with Crippen molar-refractivity contribution in [1.82, 2.24) is 0 Å². The molecule has 0 spiro atoms. The maximum atomic E-state index is 14.0. The highest BCUT2D eigenvalue weighted by atomic mass is 16.6. The van der Waals surface area contributed by atoms with Crippen molar-refractivity contribution in [2.45, 2.75) is 285 Å². The number of esters is 4. The van der Waals surface area contributed by atoms with Crippen molar-refractivity contribution in [3.63, 3.8) is 0 Å². The van der Waals surface area contributed by atoms with E-state index in [-0.39, 0.29) is 26.4 Å². The van der Waals surface area contributed by atoms with Crippen molar-refractivity contribution in [1.29, 1.82) is 0 Å². The summed E-state index contributed by atoms with van der Waals surface area (Å²) in [6.07, 6.45) is 44.3. The lowest BCUT2D eigenvalue weighted by Gasteiger charge is -2.26. The zero-order chi connectivity index (χ0) is 44.8. The molecule has 0 aromatic rings. The van der Waals surface area contributed by atoms with E-state index in [1.165, 1.54) is 154 Å². The van der Waals surface area contributed by atoms with Gasteiger partial charge in [-0.1, -0.05) is 259 Å². The fourth-order valence-corrected chi connectivity index (χ4v) is 7.95. The van der Waals surface area contributed by atoms with Crippen LogP contribution in [0.1, 0.15) is 285 Å². The van der Waals surface area contributed by atoms with Crippen LogP contribution in [-0.4, -0.2) is 50.3 Å². The lowest BCUT2D eigenvalue weighted by atomic mass is 9.88. The van der Waals surface area contributed by atoms with Crippen LogP contribution in [0, 0.1) is 5.41 Å². The van der Waals surface area contributed by atoms with Crippen molar-refractivity contribution < 1.29 is 38.1 Å². The van der Waals surface area contributed by atoms with Gasteiger partial charge in [-0.05, 0) is 25.7 Å². The lowest BCUT2D eigenvalue weighted by molar-refractivity contribution is -0.193. The fraction of sp³-hybridized carbons (Fsp3) is 0.925. The Balaban J connectivity index is 5.56. The summed E-state index contributed by atoms with van der Waals surface area (Å²) < 4.78 is 22.5. The van der Waals surface area contributed by atoms with E-state index < -0.39 is 29.3 Å². The first kappa shape index (κ1) is 58.9. The zero-order valence-corrected chi connectivity index (χ0v) is 40.9. The Hall–Kier alpha value is -2.12. The molecule has 8 heteroatoms. The zero-order valence-electron chi connectivity index (χ0n) is 40.9. The quantitative estimate of drug-likeness (QED) is 0.0258. The van der Waals surface area contributed by atoms with Gasteiger partial charge >= 0.3 is 29.3 Å². The molecule has 0 fully saturated rings. The smallest absolute Gasteiger partial charge is 0.355 e. The summed E-state index contributed by atoms with van der Waals surface area (Å²) in [5.41, 5.74) is -2.95. The number of carbonyl (C=O) groups is 4. The van der Waals surface area contributed by atoms with Crippen molar-refractivity contribution in [2.75, 3.05) is 26.4 Å². The summed E-state index contributed by atoms with van der Waals surface area (Å²) in [4.78, 5) is 56.1. The van der Waals surface area contributed by atoms with Crippen LogP contribution < -0.4 is 0 Å². The Labute approximate surface area is 377 Å². The molecule has 0 radical (unpaired) electrons. The van der Waals surface area contributed by atoms with Crippen molar-refractivity contribution in [3.8, 4) is 0 Å². The molecule has 360 valence electrons. The first-order valence-corrected chi connectivity index (χ1v) is 26.6. The SMILES string of the molecule is CCCCCCCCCCCCOC(=O)C(C(=O)OCCCCCCCCCCCC)(C(=O)OCCCCCCCCCCCC)C(=O)OCCCCCCCCCCCC. The van der Waals surface area contributed by atoms with Crippen molar-refractivity contribution >= 4 is 23.9 Å². The third kappa shape index (κ3) is 33.1. The molecule has 0 aliphatic rings. The van der Waals surface area contributed by atoms with Gasteiger partial charge in [0.1, 0.15) is 0 Å². The molecule has 0 aromatic heterocycles. The van der Waals surface area contributed by atoms with Crippen LogP contribution in [-0.2, 0) is 38.1 Å². The number of ether oxygens (including phenoxy) is 4. The molecule has 0 bridgehead atoms. The molecule has 0 aromatic carbocycles. The maximum Gasteiger partial charge on any atom is 0.355 e. The molecule has 0 amide bonds. The van der Waals surface area contributed by atoms with Gasteiger partial charge in [-0.25, -0.2) is 19.2 Å². The standard InChI is InChI=1S/C53H100O8/c1-5-9-13-17-21-25-29-33-37-41-45-58-49(54)53(50(55)59-46-42-38-34-30-26-22-18-14-10-6-2,51(56)60-47-43-39-35-31-27-23-19-15-11-7-3)52(57)61-48-44-40-36-32-28-24-20-16-12-8-4/h5-48H2,1-4H3. The summed E-state index contributed by atoms with van der Waals surface area (Å²) >= 11 is 0. The molecule has 61 heavy (non-hydrogen) atoms. The van der Waals surface area contributed by atoms with Gasteiger partial charge in [0.25, 0.3) is 0 Å². The highest BCUT2D eigenvalue weighted by molar-refractivity contribution is 6.32. The molecule has 0 heterocycles. The number of hydrogen-bond acceptors (Lipinski definition) is 8. The summed E-state index contributed by atoms with van der Waals surface area (Å²) in [5, 5.41) is 0. The minimum Gasteiger partial charge on any atom is -0.464 e. The van der Waals surface area contributed by atoms with Crippen LogP contribution in [0.2, 0.25) is 0 Å². The van der Waals surface area contributed by atoms with E-state index in [9.17, 15) is 19.2 Å². The maximum absolute atomic E-state index is 14.0. The number of rotatable bonds is 48. The monoisotopic (exact) mass is 865 g/mol. The molecule has 0 N–H and O–H groups in total. The minimum atomic E-state index is -2.95. The average Bonchev–Trinajstić information content (AvgIpc) is 3.26. The second-order valence-corrected chi connectivity index (χ2v) is 18.0. The molecule has 0 saturated heterocycles. The molecule has 0 unspecified atom stereocenters. The molecule has 0 atom stereocenters. The topological polar surface area (TPSA) is 105 Å². The second-order valence-electron chi connectivity index (χ2n) is 18.0. The number of carbonyl (C=O) groups excluding carboxylic acids is 4. The Kier molecular flexibility index (Phi) is 44.3. The Morgan fingerprint density at radius 2 is 0.361 bits per heavy atom. The highest BCUT2D eigenvalue weighted by Gasteiger charge is 2.65. The van der Waals surface area contributed by atoms with Gasteiger partial charge in [0.15, 0.2) is 0 Å². The van der Waals surface area contributed by atoms with E-state index in [4.69, 9.17) is 18.9 Å². The van der Waals surface area contributed by atoms with Crippen LogP contribution in [0.25, 0.3) is 0 Å². The van der Waals surface area contributed by atoms with E-state index in [0.29, 0.717) is 25.7 Å². The van der Waals surface area contributed by atoms with Crippen molar-refractivity contribution in [3.05, 3.63) is 0 Å². The molecular formula is C53H100O8. The van der Waals surface area contributed by atoms with Gasteiger partial charge in [-0.2, -0.15) is 0 Å². The molecule has 0 aliphatic carbocycles. The lowest BCUT2D eigenvalue weighted by Crippen LogP contribution is -2.56. The summed E-state index contributed by atoms with van der Waals surface area (Å²) in [6, 6.07) is 0. The van der Waals surface area contributed by atoms with E-state index in [1.54, 1.807) is 0 Å². The Morgan fingerprint density at radius 1 is 0.230 bits per heavy atom. The third-order valence-corrected chi connectivity index (χ3v) is 12.1. The van der Waals surface area contributed by atoms with Gasteiger partial charge in [-0.15, -0.1) is 0 Å². The normalized spacial score (nSPS) is 11.5. The molecule has 0 rings (SSSR count). The third-order valence-electron chi connectivity index (χ3n) is 12.1. The van der Waals surface area contributed by atoms with Crippen LogP contribution in [0.3, 0.4) is 0 Å².